The van der Waals surface area contributed by atoms with Gasteiger partial charge in [0.1, 0.15) is 11.3 Å². The summed E-state index contributed by atoms with van der Waals surface area (Å²) in [5.41, 5.74) is 5.61. The molecule has 8 heteroatoms. The molecule has 0 aliphatic carbocycles. The van der Waals surface area contributed by atoms with E-state index in [0.29, 0.717) is 11.3 Å². The number of ether oxygens (including phenoxy) is 1. The van der Waals surface area contributed by atoms with Crippen LogP contribution in [0.1, 0.15) is 24.2 Å². The smallest absolute Gasteiger partial charge is 0.471 e. The van der Waals surface area contributed by atoms with Gasteiger partial charge in [-0.2, -0.15) is 18.2 Å². The van der Waals surface area contributed by atoms with Gasteiger partial charge in [-0.25, -0.2) is 0 Å². The molecule has 0 spiro atoms. The van der Waals surface area contributed by atoms with Gasteiger partial charge in [-0.1, -0.05) is 30.3 Å². The first-order chi connectivity index (χ1) is 9.83. The SMILES string of the molecule is CC1COc2ccccc2C1(N)c1noc(C(F)(F)F)n1. The molecule has 0 fully saturated rings. The Balaban J connectivity index is 2.13. The number of fused-ring (bicyclic) bond motifs is 1. The van der Waals surface area contributed by atoms with Crippen molar-refractivity contribution in [2.75, 3.05) is 6.61 Å². The van der Waals surface area contributed by atoms with E-state index in [1.807, 2.05) is 0 Å². The van der Waals surface area contributed by atoms with Crippen LogP contribution in [0, 0.1) is 5.92 Å². The van der Waals surface area contributed by atoms with Gasteiger partial charge >= 0.3 is 12.1 Å². The van der Waals surface area contributed by atoms with Gasteiger partial charge in [-0.3, -0.25) is 0 Å². The molecule has 2 N–H and O–H groups in total. The van der Waals surface area contributed by atoms with E-state index in [2.05, 4.69) is 14.7 Å². The van der Waals surface area contributed by atoms with Crippen LogP contribution in [0.2, 0.25) is 0 Å². The van der Waals surface area contributed by atoms with E-state index in [4.69, 9.17) is 10.5 Å². The van der Waals surface area contributed by atoms with Crippen molar-refractivity contribution in [2.24, 2.45) is 11.7 Å². The molecular weight excluding hydrogens is 287 g/mol. The first-order valence-corrected chi connectivity index (χ1v) is 6.26. The Bertz CT molecular complexity index is 671. The van der Waals surface area contributed by atoms with Gasteiger partial charge in [0.05, 0.1) is 6.61 Å². The Morgan fingerprint density at radius 3 is 2.71 bits per heavy atom. The Kier molecular flexibility index (Phi) is 2.94. The Labute approximate surface area is 117 Å². The Hall–Kier alpha value is -2.09. The second-order valence-electron chi connectivity index (χ2n) is 5.00. The molecule has 2 heterocycles. The molecule has 21 heavy (non-hydrogen) atoms. The Morgan fingerprint density at radius 1 is 1.33 bits per heavy atom. The van der Waals surface area contributed by atoms with Gasteiger partial charge in [-0.15, -0.1) is 0 Å². The second kappa shape index (κ2) is 4.45. The van der Waals surface area contributed by atoms with Gasteiger partial charge in [0.25, 0.3) is 0 Å². The van der Waals surface area contributed by atoms with Crippen molar-refractivity contribution in [1.82, 2.24) is 10.1 Å². The van der Waals surface area contributed by atoms with Crippen molar-refractivity contribution < 1.29 is 22.4 Å². The lowest BCUT2D eigenvalue weighted by molar-refractivity contribution is -0.159. The maximum absolute atomic E-state index is 12.6. The molecular formula is C13H12F3N3O2. The van der Waals surface area contributed by atoms with Crippen LogP contribution in [0.5, 0.6) is 5.75 Å². The number of benzene rings is 1. The van der Waals surface area contributed by atoms with Crippen molar-refractivity contribution in [1.29, 1.82) is 0 Å². The number of aromatic nitrogens is 2. The zero-order valence-electron chi connectivity index (χ0n) is 11.0. The van der Waals surface area contributed by atoms with Crippen molar-refractivity contribution in [2.45, 2.75) is 18.6 Å². The largest absolute Gasteiger partial charge is 0.493 e. The molecule has 0 bridgehead atoms. The summed E-state index contributed by atoms with van der Waals surface area (Å²) in [4.78, 5) is 3.44. The minimum Gasteiger partial charge on any atom is -0.493 e. The standard InChI is InChI=1S/C13H12F3N3O2/c1-7-6-20-9-5-3-2-4-8(9)12(7,17)10-18-11(21-19-10)13(14,15)16/h2-5,7H,6,17H2,1H3. The lowest BCUT2D eigenvalue weighted by Crippen LogP contribution is -2.50. The summed E-state index contributed by atoms with van der Waals surface area (Å²) >= 11 is 0. The maximum Gasteiger partial charge on any atom is 0.471 e. The number of nitrogens with two attached hydrogens (primary N) is 1. The molecule has 3 rings (SSSR count). The van der Waals surface area contributed by atoms with E-state index in [0.717, 1.165) is 0 Å². The van der Waals surface area contributed by atoms with Crippen molar-refractivity contribution in [3.63, 3.8) is 0 Å². The monoisotopic (exact) mass is 299 g/mol. The van der Waals surface area contributed by atoms with Gasteiger partial charge < -0.3 is 15.0 Å². The molecule has 5 nitrogen and oxygen atoms in total. The number of para-hydroxylation sites is 1. The fraction of sp³-hybridized carbons (Fsp3) is 0.385. The van der Waals surface area contributed by atoms with Gasteiger partial charge in [0, 0.05) is 11.5 Å². The van der Waals surface area contributed by atoms with E-state index in [9.17, 15) is 13.2 Å². The highest BCUT2D eigenvalue weighted by Gasteiger charge is 2.47. The highest BCUT2D eigenvalue weighted by Crippen LogP contribution is 2.42. The second-order valence-corrected chi connectivity index (χ2v) is 5.00. The summed E-state index contributed by atoms with van der Waals surface area (Å²) in [6, 6.07) is 6.88. The van der Waals surface area contributed by atoms with Crippen molar-refractivity contribution in [3.8, 4) is 5.75 Å². The summed E-state index contributed by atoms with van der Waals surface area (Å²) in [6.07, 6.45) is -4.70. The predicted octanol–water partition coefficient (Wildman–Crippen LogP) is 2.32. The minimum absolute atomic E-state index is 0.196. The van der Waals surface area contributed by atoms with E-state index < -0.39 is 17.6 Å². The number of hydrogen-bond acceptors (Lipinski definition) is 5. The van der Waals surface area contributed by atoms with Crippen LogP contribution in [0.3, 0.4) is 0 Å². The number of halogens is 3. The van der Waals surface area contributed by atoms with E-state index in [1.54, 1.807) is 31.2 Å². The number of hydrogen-bond donors (Lipinski definition) is 1. The molecule has 1 aliphatic heterocycles. The van der Waals surface area contributed by atoms with Gasteiger partial charge in [0.15, 0.2) is 5.82 Å². The quantitative estimate of drug-likeness (QED) is 0.874. The minimum atomic E-state index is -4.70. The molecule has 0 saturated carbocycles. The highest BCUT2D eigenvalue weighted by atomic mass is 19.4. The summed E-state index contributed by atoms with van der Waals surface area (Å²) in [5.74, 6) is -1.40. The first-order valence-electron chi connectivity index (χ1n) is 6.26. The first kappa shape index (κ1) is 13.9. The fourth-order valence-corrected chi connectivity index (χ4v) is 2.39. The molecule has 1 aliphatic rings. The summed E-state index contributed by atoms with van der Waals surface area (Å²) in [7, 11) is 0. The molecule has 0 radical (unpaired) electrons. The molecule has 2 aromatic rings. The third kappa shape index (κ3) is 2.06. The molecule has 2 atom stereocenters. The van der Waals surface area contributed by atoms with E-state index in [1.165, 1.54) is 0 Å². The third-order valence-electron chi connectivity index (χ3n) is 3.64. The van der Waals surface area contributed by atoms with Crippen molar-refractivity contribution >= 4 is 0 Å². The highest BCUT2D eigenvalue weighted by molar-refractivity contribution is 5.45. The number of nitrogens with zero attached hydrogens (tertiary/aromatic N) is 2. The molecule has 1 aromatic carbocycles. The number of rotatable bonds is 1. The van der Waals surface area contributed by atoms with Crippen LogP contribution < -0.4 is 10.5 Å². The van der Waals surface area contributed by atoms with Crippen LogP contribution in [0.25, 0.3) is 0 Å². The number of alkyl halides is 3. The fourth-order valence-electron chi connectivity index (χ4n) is 2.39. The zero-order valence-corrected chi connectivity index (χ0v) is 11.0. The average Bonchev–Trinajstić information content (AvgIpc) is 2.93. The van der Waals surface area contributed by atoms with Crippen LogP contribution in [0.4, 0.5) is 13.2 Å². The van der Waals surface area contributed by atoms with Crippen LogP contribution in [-0.4, -0.2) is 16.7 Å². The normalized spacial score (nSPS) is 25.3. The molecule has 112 valence electrons. The molecule has 0 amide bonds. The average molecular weight is 299 g/mol. The van der Waals surface area contributed by atoms with Crippen molar-refractivity contribution in [3.05, 3.63) is 41.5 Å². The maximum atomic E-state index is 12.6. The van der Waals surface area contributed by atoms with Crippen LogP contribution in [0.15, 0.2) is 28.8 Å². The van der Waals surface area contributed by atoms with E-state index in [-0.39, 0.29) is 18.3 Å². The summed E-state index contributed by atoms with van der Waals surface area (Å²) < 4.78 is 47.7. The molecule has 1 aromatic heterocycles. The van der Waals surface area contributed by atoms with Gasteiger partial charge in [0.2, 0.25) is 0 Å². The Morgan fingerprint density at radius 2 is 2.05 bits per heavy atom. The predicted molar refractivity (Wildman–Crippen MR) is 65.4 cm³/mol. The molecule has 0 saturated heterocycles. The van der Waals surface area contributed by atoms with Crippen LogP contribution in [-0.2, 0) is 11.7 Å². The topological polar surface area (TPSA) is 74.2 Å². The summed E-state index contributed by atoms with van der Waals surface area (Å²) in [6.45, 7) is 2.02. The summed E-state index contributed by atoms with van der Waals surface area (Å²) in [5, 5.41) is 3.44. The lowest BCUT2D eigenvalue weighted by Gasteiger charge is -2.38. The van der Waals surface area contributed by atoms with Crippen LogP contribution >= 0.6 is 0 Å². The van der Waals surface area contributed by atoms with E-state index >= 15 is 0 Å². The third-order valence-corrected chi connectivity index (χ3v) is 3.64. The van der Waals surface area contributed by atoms with Gasteiger partial charge in [-0.05, 0) is 6.07 Å². The molecule has 2 unspecified atom stereocenters. The zero-order chi connectivity index (χ0) is 15.3. The lowest BCUT2D eigenvalue weighted by atomic mass is 9.77.